The standard InChI is InChI=1S/C18H14N6O/c25-18-11-6-13(15-16-17(22-8-20-15)23-9-21-16)24-14(11)12(7-19-18)10-4-2-1-3-5-10/h1-6,8-9,12,24H,7H2,(H,19,25)(H,20,21,22,23). The molecule has 1 aliphatic heterocycles. The van der Waals surface area contributed by atoms with Gasteiger partial charge < -0.3 is 15.3 Å². The van der Waals surface area contributed by atoms with Crippen LogP contribution in [0.2, 0.25) is 0 Å². The zero-order chi connectivity index (χ0) is 16.8. The third-order valence-corrected chi connectivity index (χ3v) is 4.58. The number of aromatic amines is 2. The first-order valence-electron chi connectivity index (χ1n) is 8.02. The van der Waals surface area contributed by atoms with Crippen LogP contribution in [0.15, 0.2) is 49.1 Å². The van der Waals surface area contributed by atoms with Gasteiger partial charge >= 0.3 is 0 Å². The Morgan fingerprint density at radius 3 is 2.84 bits per heavy atom. The Labute approximate surface area is 142 Å². The normalized spacial score (nSPS) is 16.6. The summed E-state index contributed by atoms with van der Waals surface area (Å²) in [5, 5.41) is 2.97. The van der Waals surface area contributed by atoms with E-state index in [0.717, 1.165) is 17.0 Å². The van der Waals surface area contributed by atoms with Crippen molar-refractivity contribution < 1.29 is 4.79 Å². The highest BCUT2D eigenvalue weighted by molar-refractivity contribution is 5.99. The molecule has 0 spiro atoms. The van der Waals surface area contributed by atoms with Crippen LogP contribution in [0.25, 0.3) is 22.6 Å². The second kappa shape index (κ2) is 5.27. The highest BCUT2D eigenvalue weighted by Gasteiger charge is 2.29. The number of H-pyrrole nitrogens is 2. The molecule has 0 saturated heterocycles. The number of hydrogen-bond donors (Lipinski definition) is 3. The molecule has 1 atom stereocenters. The molecule has 4 heterocycles. The predicted molar refractivity (Wildman–Crippen MR) is 92.1 cm³/mol. The van der Waals surface area contributed by atoms with Gasteiger partial charge in [-0.05, 0) is 11.6 Å². The van der Waals surface area contributed by atoms with Gasteiger partial charge in [0.25, 0.3) is 5.91 Å². The Morgan fingerprint density at radius 1 is 1.08 bits per heavy atom. The van der Waals surface area contributed by atoms with E-state index >= 15 is 0 Å². The van der Waals surface area contributed by atoms with E-state index in [4.69, 9.17) is 0 Å². The molecule has 0 aliphatic carbocycles. The molecule has 4 aromatic rings. The van der Waals surface area contributed by atoms with Gasteiger partial charge in [-0.15, -0.1) is 0 Å². The van der Waals surface area contributed by atoms with Crippen LogP contribution in [0.3, 0.4) is 0 Å². The van der Waals surface area contributed by atoms with Crippen LogP contribution in [0.1, 0.15) is 27.5 Å². The summed E-state index contributed by atoms with van der Waals surface area (Å²) in [6.07, 6.45) is 3.08. The van der Waals surface area contributed by atoms with Crippen molar-refractivity contribution in [3.05, 3.63) is 65.9 Å². The van der Waals surface area contributed by atoms with Crippen molar-refractivity contribution in [1.29, 1.82) is 0 Å². The summed E-state index contributed by atoms with van der Waals surface area (Å²) < 4.78 is 0. The molecule has 0 fully saturated rings. The number of carbonyl (C=O) groups excluding carboxylic acids is 1. The average Bonchev–Trinajstić information content (AvgIpc) is 3.30. The smallest absolute Gasteiger partial charge is 0.253 e. The zero-order valence-electron chi connectivity index (χ0n) is 13.2. The fraction of sp³-hybridized carbons (Fsp3) is 0.111. The van der Waals surface area contributed by atoms with E-state index in [2.05, 4.69) is 42.4 Å². The van der Waals surface area contributed by atoms with Gasteiger partial charge in [0.1, 0.15) is 17.5 Å². The van der Waals surface area contributed by atoms with Crippen molar-refractivity contribution >= 4 is 17.1 Å². The van der Waals surface area contributed by atoms with Gasteiger partial charge in [0.05, 0.1) is 17.6 Å². The molecule has 5 rings (SSSR count). The number of carbonyl (C=O) groups is 1. The Bertz CT molecular complexity index is 1080. The lowest BCUT2D eigenvalue weighted by Crippen LogP contribution is -2.35. The molecule has 0 radical (unpaired) electrons. The summed E-state index contributed by atoms with van der Waals surface area (Å²) in [7, 11) is 0. The molecule has 1 unspecified atom stereocenters. The highest BCUT2D eigenvalue weighted by Crippen LogP contribution is 2.33. The third kappa shape index (κ3) is 2.13. The van der Waals surface area contributed by atoms with Crippen molar-refractivity contribution in [2.24, 2.45) is 0 Å². The first-order chi connectivity index (χ1) is 12.3. The predicted octanol–water partition coefficient (Wildman–Crippen LogP) is 2.22. The van der Waals surface area contributed by atoms with Gasteiger partial charge in [0, 0.05) is 18.2 Å². The minimum absolute atomic E-state index is 0.0722. The minimum atomic E-state index is -0.0722. The quantitative estimate of drug-likeness (QED) is 0.525. The second-order valence-electron chi connectivity index (χ2n) is 6.01. The topological polar surface area (TPSA) is 99.4 Å². The van der Waals surface area contributed by atoms with Crippen LogP contribution in [0.5, 0.6) is 0 Å². The number of benzene rings is 1. The first-order valence-corrected chi connectivity index (χ1v) is 8.02. The average molecular weight is 330 g/mol. The van der Waals surface area contributed by atoms with Crippen LogP contribution >= 0.6 is 0 Å². The number of aromatic nitrogens is 5. The largest absolute Gasteiger partial charge is 0.356 e. The maximum Gasteiger partial charge on any atom is 0.253 e. The van der Waals surface area contributed by atoms with Crippen LogP contribution in [0.4, 0.5) is 0 Å². The van der Waals surface area contributed by atoms with E-state index in [0.29, 0.717) is 29.0 Å². The van der Waals surface area contributed by atoms with Gasteiger partial charge in [0.2, 0.25) is 0 Å². The molecule has 7 heteroatoms. The number of hydrogen-bond acceptors (Lipinski definition) is 4. The molecule has 3 N–H and O–H groups in total. The Hall–Kier alpha value is -3.48. The summed E-state index contributed by atoms with van der Waals surface area (Å²) in [5.41, 5.74) is 5.51. The van der Waals surface area contributed by atoms with Crippen LogP contribution in [-0.4, -0.2) is 37.4 Å². The van der Waals surface area contributed by atoms with E-state index in [1.54, 1.807) is 6.33 Å². The highest BCUT2D eigenvalue weighted by atomic mass is 16.1. The fourth-order valence-electron chi connectivity index (χ4n) is 3.38. The van der Waals surface area contributed by atoms with Gasteiger partial charge in [-0.2, -0.15) is 0 Å². The molecule has 1 amide bonds. The summed E-state index contributed by atoms with van der Waals surface area (Å²) >= 11 is 0. The lowest BCUT2D eigenvalue weighted by Gasteiger charge is -2.23. The molecule has 122 valence electrons. The molecule has 0 bridgehead atoms. The van der Waals surface area contributed by atoms with Crippen molar-refractivity contribution in [3.63, 3.8) is 0 Å². The zero-order valence-corrected chi connectivity index (χ0v) is 13.2. The van der Waals surface area contributed by atoms with Gasteiger partial charge in [-0.3, -0.25) is 4.79 Å². The monoisotopic (exact) mass is 330 g/mol. The minimum Gasteiger partial charge on any atom is -0.356 e. The number of rotatable bonds is 2. The number of amides is 1. The Morgan fingerprint density at radius 2 is 1.96 bits per heavy atom. The molecule has 3 aromatic heterocycles. The van der Waals surface area contributed by atoms with Crippen LogP contribution in [0, 0.1) is 0 Å². The molecular weight excluding hydrogens is 316 g/mol. The lowest BCUT2D eigenvalue weighted by molar-refractivity contribution is 0.0942. The van der Waals surface area contributed by atoms with E-state index < -0.39 is 0 Å². The van der Waals surface area contributed by atoms with Crippen LogP contribution < -0.4 is 5.32 Å². The van der Waals surface area contributed by atoms with Crippen molar-refractivity contribution in [3.8, 4) is 11.4 Å². The maximum absolute atomic E-state index is 12.3. The van der Waals surface area contributed by atoms with Crippen molar-refractivity contribution in [2.75, 3.05) is 6.54 Å². The van der Waals surface area contributed by atoms with E-state index in [1.807, 2.05) is 24.3 Å². The maximum atomic E-state index is 12.3. The lowest BCUT2D eigenvalue weighted by atomic mass is 9.90. The van der Waals surface area contributed by atoms with E-state index in [1.165, 1.54) is 6.33 Å². The number of nitrogens with zero attached hydrogens (tertiary/aromatic N) is 3. The first kappa shape index (κ1) is 13.9. The summed E-state index contributed by atoms with van der Waals surface area (Å²) in [6.45, 7) is 0.567. The Kier molecular flexibility index (Phi) is 2.93. The number of fused-ring (bicyclic) bond motifs is 2. The molecule has 1 aromatic carbocycles. The summed E-state index contributed by atoms with van der Waals surface area (Å²) in [4.78, 5) is 31.5. The molecule has 7 nitrogen and oxygen atoms in total. The number of nitrogens with one attached hydrogen (secondary N) is 3. The van der Waals surface area contributed by atoms with Crippen LogP contribution in [-0.2, 0) is 0 Å². The third-order valence-electron chi connectivity index (χ3n) is 4.58. The van der Waals surface area contributed by atoms with Crippen molar-refractivity contribution in [2.45, 2.75) is 5.92 Å². The van der Waals surface area contributed by atoms with Gasteiger partial charge in [0.15, 0.2) is 5.65 Å². The molecule has 1 aliphatic rings. The second-order valence-corrected chi connectivity index (χ2v) is 6.01. The summed E-state index contributed by atoms with van der Waals surface area (Å²) in [6, 6.07) is 12.0. The van der Waals surface area contributed by atoms with Crippen molar-refractivity contribution in [1.82, 2.24) is 30.2 Å². The van der Waals surface area contributed by atoms with Gasteiger partial charge in [-0.25, -0.2) is 15.0 Å². The summed E-state index contributed by atoms with van der Waals surface area (Å²) in [5.74, 6) is 0.0103. The fourth-order valence-corrected chi connectivity index (χ4v) is 3.38. The number of imidazole rings is 1. The van der Waals surface area contributed by atoms with E-state index in [-0.39, 0.29) is 11.8 Å². The van der Waals surface area contributed by atoms with E-state index in [9.17, 15) is 4.79 Å². The molecule has 0 saturated carbocycles. The molecule has 25 heavy (non-hydrogen) atoms. The molecular formula is C18H14N6O. The SMILES string of the molecule is O=C1NCC(c2ccccc2)c2[nH]c(-c3ncnc4[nH]cnc34)cc21. The van der Waals surface area contributed by atoms with Gasteiger partial charge in [-0.1, -0.05) is 30.3 Å². The Balaban J connectivity index is 1.68.